The monoisotopic (exact) mass is 966 g/mol. The number of ether oxygens (including phenoxy) is 1. The second-order valence-corrected chi connectivity index (χ2v) is 17.7. The molecule has 7 rings (SSSR count). The number of anilines is 1. The number of carboxylic acids is 1. The number of carbonyl (C=O) groups is 4. The second kappa shape index (κ2) is 22.9. The number of imidazole rings is 1. The lowest BCUT2D eigenvalue weighted by Crippen LogP contribution is -2.40. The van der Waals surface area contributed by atoms with Crippen molar-refractivity contribution in [2.45, 2.75) is 88.7 Å². The highest BCUT2D eigenvalue weighted by Crippen LogP contribution is 2.38. The minimum atomic E-state index is -1.27. The maximum atomic E-state index is 13.6. The fourth-order valence-electron chi connectivity index (χ4n) is 7.20. The minimum Gasteiger partial charge on any atom is -0.480 e. The number of thioether (sulfide) groups is 1. The van der Waals surface area contributed by atoms with Crippen molar-refractivity contribution in [2.75, 3.05) is 43.5 Å². The first-order chi connectivity index (χ1) is 33.2. The van der Waals surface area contributed by atoms with Gasteiger partial charge in [0.1, 0.15) is 24.6 Å². The Bertz CT molecular complexity index is 2630. The molecule has 3 aromatic heterocycles. The molecule has 2 aliphatic heterocycles. The molecule has 25 heteroatoms. The summed E-state index contributed by atoms with van der Waals surface area (Å²) >= 11 is 1.37. The van der Waals surface area contributed by atoms with Crippen molar-refractivity contribution >= 4 is 58.6 Å². The van der Waals surface area contributed by atoms with Crippen LogP contribution in [0.2, 0.25) is 0 Å². The van der Waals surface area contributed by atoms with E-state index in [1.165, 1.54) is 52.2 Å². The van der Waals surface area contributed by atoms with Gasteiger partial charge >= 0.3 is 5.97 Å². The number of aliphatic hydroxyl groups is 2. The Morgan fingerprint density at radius 2 is 1.71 bits per heavy atom. The molecule has 7 N–H and O–H groups in total. The summed E-state index contributed by atoms with van der Waals surface area (Å²) in [7, 11) is 1.54. The molecule has 69 heavy (non-hydrogen) atoms. The Kier molecular flexibility index (Phi) is 16.6. The Morgan fingerprint density at radius 1 is 0.986 bits per heavy atom. The van der Waals surface area contributed by atoms with Gasteiger partial charge in [-0.3, -0.25) is 23.7 Å². The van der Waals surface area contributed by atoms with Gasteiger partial charge in [-0.15, -0.1) is 20.4 Å². The Hall–Kier alpha value is -6.93. The number of carbonyl (C=O) groups excluding carboxylic acids is 3. The van der Waals surface area contributed by atoms with E-state index in [1.807, 2.05) is 31.2 Å². The average Bonchev–Trinajstić information content (AvgIpc) is 3.86. The molecule has 24 nitrogen and oxygen atoms in total. The summed E-state index contributed by atoms with van der Waals surface area (Å²) in [4.78, 5) is 65.5. The molecule has 5 heterocycles. The molecule has 3 amide bonds. The van der Waals surface area contributed by atoms with Gasteiger partial charge in [-0.05, 0) is 63.0 Å². The van der Waals surface area contributed by atoms with Crippen LogP contribution in [-0.4, -0.2) is 158 Å². The zero-order valence-corrected chi connectivity index (χ0v) is 39.0. The second-order valence-electron chi connectivity index (χ2n) is 16.6. The maximum Gasteiger partial charge on any atom is 0.320 e. The van der Waals surface area contributed by atoms with Crippen LogP contribution in [0.5, 0.6) is 0 Å². The van der Waals surface area contributed by atoms with Gasteiger partial charge in [0.2, 0.25) is 23.3 Å². The molecular formula is C44H54N16O8S. The number of aromatic nitrogens is 8. The number of aliphatic carboxylic acids is 1. The van der Waals surface area contributed by atoms with Gasteiger partial charge in [0.15, 0.2) is 29.0 Å². The van der Waals surface area contributed by atoms with Crippen LogP contribution in [0.1, 0.15) is 72.6 Å². The van der Waals surface area contributed by atoms with Gasteiger partial charge in [-0.25, -0.2) is 20.0 Å². The highest BCUT2D eigenvalue weighted by molar-refractivity contribution is 7.99. The number of hydrogen-bond acceptors (Lipinski definition) is 20. The lowest BCUT2D eigenvalue weighted by molar-refractivity contribution is -0.138. The third kappa shape index (κ3) is 13.0. The van der Waals surface area contributed by atoms with Crippen molar-refractivity contribution < 1.29 is 39.2 Å². The number of carboxylic acid groups (broad SMARTS) is 1. The number of hydrazone groups is 1. The summed E-state index contributed by atoms with van der Waals surface area (Å²) < 4.78 is 7.55. The fourth-order valence-corrected chi connectivity index (χ4v) is 8.30. The number of aryl methyl sites for hydroxylation is 1. The summed E-state index contributed by atoms with van der Waals surface area (Å²) in [5, 5.41) is 66.3. The highest BCUT2D eigenvalue weighted by atomic mass is 32.2. The van der Waals surface area contributed by atoms with Crippen LogP contribution in [0.4, 0.5) is 5.82 Å². The topological polar surface area (TPSA) is 327 Å². The maximum absolute atomic E-state index is 13.6. The summed E-state index contributed by atoms with van der Waals surface area (Å²) in [6, 6.07) is 13.3. The molecule has 5 atom stereocenters. The number of aliphatic hydroxyl groups excluding tert-OH is 2. The van der Waals surface area contributed by atoms with E-state index in [2.05, 4.69) is 61.3 Å². The zero-order chi connectivity index (χ0) is 49.1. The van der Waals surface area contributed by atoms with Gasteiger partial charge in [0.25, 0.3) is 5.91 Å². The zero-order valence-electron chi connectivity index (χ0n) is 38.2. The Balaban J connectivity index is 0.884. The van der Waals surface area contributed by atoms with Crippen LogP contribution < -0.4 is 16.4 Å². The molecule has 0 bridgehead atoms. The smallest absolute Gasteiger partial charge is 0.320 e. The summed E-state index contributed by atoms with van der Waals surface area (Å²) in [5.41, 5.74) is 8.63. The molecule has 5 aromatic rings. The first-order valence-corrected chi connectivity index (χ1v) is 23.4. The SMILES string of the molecule is Cc1nnc(-c2ccc(CN(CC(=O)NCCCCNc3ncnc4c3ncn4C3OC(CSCC[C@H](N)C(=O)O)C(O)C3O)C(=O)CC/C=N/N(C)C(=O)c3ccc(C4(C)N=N4)cc3)cc2)nn1. The van der Waals surface area contributed by atoms with Crippen molar-refractivity contribution in [2.24, 2.45) is 21.1 Å². The van der Waals surface area contributed by atoms with Crippen molar-refractivity contribution in [3.8, 4) is 11.4 Å². The molecular weight excluding hydrogens is 913 g/mol. The largest absolute Gasteiger partial charge is 0.480 e. The van der Waals surface area contributed by atoms with Crippen LogP contribution >= 0.6 is 11.8 Å². The van der Waals surface area contributed by atoms with Crippen molar-refractivity contribution in [3.05, 3.63) is 83.7 Å². The quantitative estimate of drug-likeness (QED) is 0.0293. The number of nitrogens with zero attached hydrogens (tertiary/aromatic N) is 13. The molecule has 4 unspecified atom stereocenters. The number of benzene rings is 2. The first kappa shape index (κ1) is 50.0. The van der Waals surface area contributed by atoms with Gasteiger partial charge in [0.05, 0.1) is 19.0 Å². The van der Waals surface area contributed by atoms with E-state index < -0.39 is 42.2 Å². The molecule has 364 valence electrons. The van der Waals surface area contributed by atoms with Crippen LogP contribution in [0.15, 0.2) is 76.5 Å². The third-order valence-electron chi connectivity index (χ3n) is 11.3. The standard InChI is InChI=1S/C44H54N16O8S/c1-26-52-54-38(55-53-26)28-10-8-27(9-11-28)21-59(34(62)7-6-19-51-58(3)41(65)29-12-14-30(15-13-29)44(2)56-57-44)22-33(61)46-17-4-5-18-47-39-35-40(49-24-48-39)60(25-50-35)42-37(64)36(63)32(68-42)23-69-20-16-31(45)43(66)67/h8-15,19,24-25,31-32,36-37,42,63-64H,4-7,16-18,20-23,45H2,1-3H3,(H,46,61)(H,66,67)(H,47,48,49)/b51-19+/t31-,32?,36?,37?,42?/m0/s1. The van der Waals surface area contributed by atoms with E-state index >= 15 is 0 Å². The number of nitrogens with one attached hydrogen (secondary N) is 2. The third-order valence-corrected chi connectivity index (χ3v) is 12.4. The van der Waals surface area contributed by atoms with Gasteiger partial charge in [-0.2, -0.15) is 27.1 Å². The van der Waals surface area contributed by atoms with E-state index in [9.17, 15) is 29.4 Å². The first-order valence-electron chi connectivity index (χ1n) is 22.2. The van der Waals surface area contributed by atoms with E-state index in [-0.39, 0.29) is 50.1 Å². The lowest BCUT2D eigenvalue weighted by atomic mass is 10.0. The summed E-state index contributed by atoms with van der Waals surface area (Å²) in [5.74, 6) is -0.0236. The van der Waals surface area contributed by atoms with Crippen LogP contribution in [0.3, 0.4) is 0 Å². The van der Waals surface area contributed by atoms with Crippen LogP contribution in [-0.2, 0) is 31.3 Å². The average molecular weight is 967 g/mol. The molecule has 1 saturated heterocycles. The van der Waals surface area contributed by atoms with Gasteiger partial charge < -0.3 is 41.3 Å². The number of hydrogen-bond donors (Lipinski definition) is 6. The van der Waals surface area contributed by atoms with Crippen molar-refractivity contribution in [1.82, 2.24) is 55.1 Å². The number of rotatable bonds is 24. The number of unbranched alkanes of at least 4 members (excludes halogenated alkanes) is 1. The van der Waals surface area contributed by atoms with Crippen LogP contribution in [0, 0.1) is 6.92 Å². The predicted octanol–water partition coefficient (Wildman–Crippen LogP) is 2.05. The van der Waals surface area contributed by atoms with E-state index in [1.54, 1.807) is 31.2 Å². The number of nitrogens with two attached hydrogens (primary N) is 1. The summed E-state index contributed by atoms with van der Waals surface area (Å²) in [6.45, 7) is 4.34. The molecule has 0 aliphatic carbocycles. The molecule has 2 aliphatic rings. The van der Waals surface area contributed by atoms with E-state index in [0.29, 0.717) is 77.2 Å². The summed E-state index contributed by atoms with van der Waals surface area (Å²) in [6.07, 6.45) is 1.91. The predicted molar refractivity (Wildman–Crippen MR) is 251 cm³/mol. The van der Waals surface area contributed by atoms with Gasteiger partial charge in [0, 0.05) is 61.8 Å². The Labute approximate surface area is 400 Å². The highest BCUT2D eigenvalue weighted by Gasteiger charge is 2.44. The molecule has 0 saturated carbocycles. The fraction of sp³-hybridized carbons (Fsp3) is 0.455. The van der Waals surface area contributed by atoms with Crippen molar-refractivity contribution in [1.29, 1.82) is 0 Å². The molecule has 2 aromatic carbocycles. The normalized spacial score (nSPS) is 18.6. The molecule has 1 fully saturated rings. The minimum absolute atomic E-state index is 0.0371. The van der Waals surface area contributed by atoms with E-state index in [0.717, 1.165) is 11.1 Å². The lowest BCUT2D eigenvalue weighted by Gasteiger charge is -2.22. The van der Waals surface area contributed by atoms with Gasteiger partial charge in [-0.1, -0.05) is 36.4 Å². The number of fused-ring (bicyclic) bond motifs is 1. The number of amides is 3. The Morgan fingerprint density at radius 3 is 2.42 bits per heavy atom. The molecule has 0 radical (unpaired) electrons. The van der Waals surface area contributed by atoms with Crippen LogP contribution in [0.25, 0.3) is 22.6 Å². The van der Waals surface area contributed by atoms with Crippen molar-refractivity contribution in [3.63, 3.8) is 0 Å². The van der Waals surface area contributed by atoms with E-state index in [4.69, 9.17) is 15.6 Å². The molecule has 0 spiro atoms.